The van der Waals surface area contributed by atoms with Gasteiger partial charge < -0.3 is 10.8 Å². The normalized spacial score (nSPS) is 10.6. The Bertz CT molecular complexity index is 690. The number of benzene rings is 1. The molecule has 7 heteroatoms. The zero-order valence-electron chi connectivity index (χ0n) is 10.0. The van der Waals surface area contributed by atoms with E-state index in [2.05, 4.69) is 4.98 Å². The minimum Gasteiger partial charge on any atom is -0.481 e. The van der Waals surface area contributed by atoms with Crippen LogP contribution >= 0.6 is 34.8 Å². The van der Waals surface area contributed by atoms with Crippen molar-refractivity contribution in [2.75, 3.05) is 5.73 Å². The van der Waals surface area contributed by atoms with E-state index in [1.165, 1.54) is 12.3 Å². The lowest BCUT2D eigenvalue weighted by Crippen LogP contribution is -2.03. The number of aliphatic carboxylic acids is 1. The minimum atomic E-state index is -0.960. The molecule has 0 aliphatic rings. The van der Waals surface area contributed by atoms with Crippen molar-refractivity contribution in [2.45, 2.75) is 6.42 Å². The van der Waals surface area contributed by atoms with Crippen molar-refractivity contribution in [2.24, 2.45) is 0 Å². The van der Waals surface area contributed by atoms with Crippen LogP contribution in [0.3, 0.4) is 0 Å². The van der Waals surface area contributed by atoms with E-state index in [1.54, 1.807) is 12.1 Å². The molecule has 0 bridgehead atoms. The molecule has 0 radical (unpaired) electrons. The third kappa shape index (κ3) is 3.15. The van der Waals surface area contributed by atoms with Gasteiger partial charge in [-0.15, -0.1) is 0 Å². The molecule has 4 nitrogen and oxygen atoms in total. The highest BCUT2D eigenvalue weighted by Crippen LogP contribution is 2.38. The Kier molecular flexibility index (Phi) is 4.38. The zero-order chi connectivity index (χ0) is 14.9. The van der Waals surface area contributed by atoms with E-state index in [4.69, 9.17) is 45.6 Å². The summed E-state index contributed by atoms with van der Waals surface area (Å²) in [5.74, 6) is -0.739. The summed E-state index contributed by atoms with van der Waals surface area (Å²) in [6.45, 7) is 0. The summed E-state index contributed by atoms with van der Waals surface area (Å²) in [5, 5.41) is 9.79. The lowest BCUT2D eigenvalue weighted by atomic mass is 10.0. The number of hydrogen-bond donors (Lipinski definition) is 2. The Morgan fingerprint density at radius 2 is 1.90 bits per heavy atom. The number of nitrogens with zero attached hydrogens (tertiary/aromatic N) is 1. The van der Waals surface area contributed by atoms with Crippen molar-refractivity contribution in [3.8, 4) is 11.1 Å². The molecular formula is C13H9Cl3N2O2. The Hall–Kier alpha value is -1.49. The molecule has 104 valence electrons. The van der Waals surface area contributed by atoms with Gasteiger partial charge in [-0.05, 0) is 23.8 Å². The van der Waals surface area contributed by atoms with Crippen molar-refractivity contribution in [3.63, 3.8) is 0 Å². The van der Waals surface area contributed by atoms with Crippen molar-refractivity contribution < 1.29 is 9.90 Å². The summed E-state index contributed by atoms with van der Waals surface area (Å²) in [7, 11) is 0. The molecule has 1 aromatic heterocycles. The van der Waals surface area contributed by atoms with Crippen LogP contribution in [-0.2, 0) is 11.2 Å². The predicted octanol–water partition coefficient (Wildman–Crippen LogP) is 3.92. The third-order valence-electron chi connectivity index (χ3n) is 2.61. The predicted molar refractivity (Wildman–Crippen MR) is 80.5 cm³/mol. The number of rotatable bonds is 3. The maximum atomic E-state index is 10.7. The Labute approximate surface area is 130 Å². The van der Waals surface area contributed by atoms with Gasteiger partial charge in [0.25, 0.3) is 0 Å². The quantitative estimate of drug-likeness (QED) is 0.836. The van der Waals surface area contributed by atoms with Gasteiger partial charge in [-0.25, -0.2) is 4.98 Å². The molecule has 3 N–H and O–H groups in total. The topological polar surface area (TPSA) is 76.2 Å². The van der Waals surface area contributed by atoms with Gasteiger partial charge in [0.2, 0.25) is 0 Å². The number of nitrogens with two attached hydrogens (primary N) is 1. The number of anilines is 1. The maximum Gasteiger partial charge on any atom is 0.307 e. The minimum absolute atomic E-state index is 0.161. The highest BCUT2D eigenvalue weighted by molar-refractivity contribution is 6.45. The lowest BCUT2D eigenvalue weighted by Gasteiger charge is -2.10. The first-order valence-corrected chi connectivity index (χ1v) is 6.63. The molecule has 0 spiro atoms. The summed E-state index contributed by atoms with van der Waals surface area (Å²) in [6, 6.07) is 4.73. The highest BCUT2D eigenvalue weighted by Gasteiger charge is 2.14. The van der Waals surface area contributed by atoms with Crippen LogP contribution in [0.25, 0.3) is 11.1 Å². The molecule has 20 heavy (non-hydrogen) atoms. The molecular weight excluding hydrogens is 323 g/mol. The number of pyridine rings is 1. The number of carbonyl (C=O) groups is 1. The molecule has 2 aromatic rings. The van der Waals surface area contributed by atoms with Crippen molar-refractivity contribution in [1.82, 2.24) is 4.98 Å². The summed E-state index contributed by atoms with van der Waals surface area (Å²) in [4.78, 5) is 14.7. The molecule has 0 aliphatic heterocycles. The van der Waals surface area contributed by atoms with Crippen LogP contribution in [0.5, 0.6) is 0 Å². The largest absolute Gasteiger partial charge is 0.481 e. The number of nitrogen functional groups attached to an aromatic ring is 1. The van der Waals surface area contributed by atoms with Gasteiger partial charge in [-0.1, -0.05) is 34.8 Å². The van der Waals surface area contributed by atoms with Crippen molar-refractivity contribution in [1.29, 1.82) is 0 Å². The second-order valence-corrected chi connectivity index (χ2v) is 5.32. The molecule has 0 unspecified atom stereocenters. The average Bonchev–Trinajstić information content (AvgIpc) is 2.35. The fourth-order valence-corrected chi connectivity index (χ4v) is 2.46. The van der Waals surface area contributed by atoms with E-state index in [9.17, 15) is 4.79 Å². The molecule has 0 aliphatic carbocycles. The number of carboxylic acids is 1. The van der Waals surface area contributed by atoms with Crippen LogP contribution in [0.15, 0.2) is 24.4 Å². The van der Waals surface area contributed by atoms with Crippen LogP contribution in [-0.4, -0.2) is 16.1 Å². The number of carboxylic acid groups (broad SMARTS) is 1. The summed E-state index contributed by atoms with van der Waals surface area (Å²) in [6.07, 6.45) is 1.25. The molecule has 1 aromatic carbocycles. The smallest absolute Gasteiger partial charge is 0.307 e. The van der Waals surface area contributed by atoms with E-state index >= 15 is 0 Å². The number of aromatic nitrogens is 1. The third-order valence-corrected chi connectivity index (χ3v) is 3.63. The van der Waals surface area contributed by atoms with Crippen molar-refractivity contribution in [3.05, 3.63) is 45.0 Å². The molecule has 0 saturated carbocycles. The van der Waals surface area contributed by atoms with Crippen LogP contribution in [0.4, 0.5) is 5.82 Å². The second-order valence-electron chi connectivity index (χ2n) is 4.10. The Balaban J connectivity index is 2.60. The van der Waals surface area contributed by atoms with Crippen LogP contribution < -0.4 is 5.73 Å². The Morgan fingerprint density at radius 3 is 2.55 bits per heavy atom. The van der Waals surface area contributed by atoms with E-state index < -0.39 is 5.97 Å². The highest BCUT2D eigenvalue weighted by atomic mass is 35.5. The van der Waals surface area contributed by atoms with E-state index in [1.807, 2.05) is 0 Å². The second kappa shape index (κ2) is 5.87. The average molecular weight is 332 g/mol. The first-order chi connectivity index (χ1) is 9.38. The van der Waals surface area contributed by atoms with Crippen LogP contribution in [0.1, 0.15) is 5.56 Å². The van der Waals surface area contributed by atoms with Crippen LogP contribution in [0, 0.1) is 0 Å². The lowest BCUT2D eigenvalue weighted by molar-refractivity contribution is -0.136. The summed E-state index contributed by atoms with van der Waals surface area (Å²) < 4.78 is 0. The van der Waals surface area contributed by atoms with E-state index in [0.717, 1.165) is 0 Å². The zero-order valence-corrected chi connectivity index (χ0v) is 12.3. The molecule has 2 rings (SSSR count). The van der Waals surface area contributed by atoms with Gasteiger partial charge >= 0.3 is 5.97 Å². The molecule has 0 atom stereocenters. The number of hydrogen-bond acceptors (Lipinski definition) is 3. The monoisotopic (exact) mass is 330 g/mol. The molecule has 1 heterocycles. The van der Waals surface area contributed by atoms with Gasteiger partial charge in [0.1, 0.15) is 5.82 Å². The first-order valence-electron chi connectivity index (χ1n) is 5.49. The Morgan fingerprint density at radius 1 is 1.20 bits per heavy atom. The molecule has 0 amide bonds. The molecule has 0 saturated heterocycles. The van der Waals surface area contributed by atoms with Gasteiger partial charge in [-0.3, -0.25) is 4.79 Å². The van der Waals surface area contributed by atoms with E-state index in [-0.39, 0.29) is 22.3 Å². The standard InChI is InChI=1S/C13H9Cl3N2O2/c14-7-3-8(12(16)10(15)4-7)9-1-6(2-11(19)20)5-18-13(9)17/h1,3-5H,2H2,(H2,17,18)(H,19,20). The summed E-state index contributed by atoms with van der Waals surface area (Å²) >= 11 is 18.1. The van der Waals surface area contributed by atoms with Crippen LogP contribution in [0.2, 0.25) is 15.1 Å². The maximum absolute atomic E-state index is 10.7. The summed E-state index contributed by atoms with van der Waals surface area (Å²) in [5.41, 5.74) is 7.34. The van der Waals surface area contributed by atoms with Gasteiger partial charge in [0.05, 0.1) is 16.5 Å². The van der Waals surface area contributed by atoms with Crippen molar-refractivity contribution >= 4 is 46.6 Å². The fourth-order valence-electron chi connectivity index (χ4n) is 1.76. The number of halogens is 3. The van der Waals surface area contributed by atoms with Gasteiger partial charge in [0, 0.05) is 22.3 Å². The SMILES string of the molecule is Nc1ncc(CC(=O)O)cc1-c1cc(Cl)cc(Cl)c1Cl. The fraction of sp³-hybridized carbons (Fsp3) is 0.0769. The van der Waals surface area contributed by atoms with Gasteiger partial charge in [0.15, 0.2) is 0 Å². The first kappa shape index (κ1) is 14.9. The van der Waals surface area contributed by atoms with Gasteiger partial charge in [-0.2, -0.15) is 0 Å². The molecule has 0 fully saturated rings. The van der Waals surface area contributed by atoms with E-state index in [0.29, 0.717) is 21.7 Å².